The first-order valence-electron chi connectivity index (χ1n) is 17.7. The summed E-state index contributed by atoms with van der Waals surface area (Å²) in [6.07, 6.45) is 2.55. The Bertz CT molecular complexity index is 1040. The molecule has 2 atom stereocenters. The molecule has 0 fully saturated rings. The number of hydrogen-bond acceptors (Lipinski definition) is 7. The topological polar surface area (TPSA) is 185 Å². The highest BCUT2D eigenvalue weighted by Crippen LogP contribution is 2.25. The summed E-state index contributed by atoms with van der Waals surface area (Å²) in [7, 11) is 0. The predicted octanol–water partition coefficient (Wildman–Crippen LogP) is 5.92. The Hall–Kier alpha value is -2.82. The van der Waals surface area contributed by atoms with E-state index in [-0.39, 0.29) is 63.3 Å². The zero-order valence-electron chi connectivity index (χ0n) is 33.9. The van der Waals surface area contributed by atoms with Crippen molar-refractivity contribution in [2.24, 2.45) is 45.1 Å². The Morgan fingerprint density at radius 2 is 1.10 bits per heavy atom. The molecule has 0 aliphatic heterocycles. The predicted molar refractivity (Wildman–Crippen MR) is 199 cm³/mol. The van der Waals surface area contributed by atoms with Crippen LogP contribution >= 0.6 is 0 Å². The number of ketones is 2. The number of carboxylic acids is 1. The molecule has 0 aromatic heterocycles. The monoisotopic (exact) mass is 699 g/mol. The van der Waals surface area contributed by atoms with Gasteiger partial charge in [-0.3, -0.25) is 24.0 Å². The van der Waals surface area contributed by atoms with E-state index in [0.29, 0.717) is 45.3 Å². The lowest BCUT2D eigenvalue weighted by Gasteiger charge is -2.28. The molecule has 3 amide bonds. The maximum atomic E-state index is 11.9. The van der Waals surface area contributed by atoms with Crippen LogP contribution in [0.15, 0.2) is 0 Å². The number of rotatable bonds is 15. The zero-order valence-corrected chi connectivity index (χ0v) is 33.9. The molecule has 0 heterocycles. The molecule has 0 aromatic carbocycles. The van der Waals surface area contributed by atoms with Crippen molar-refractivity contribution >= 4 is 35.3 Å². The Kier molecular flexibility index (Phi) is 23.5. The third-order valence-corrected chi connectivity index (χ3v) is 7.41. The summed E-state index contributed by atoms with van der Waals surface area (Å²) >= 11 is 0. The first-order chi connectivity index (χ1) is 21.8. The third kappa shape index (κ3) is 28.7. The summed E-state index contributed by atoms with van der Waals surface area (Å²) in [5, 5.41) is 17.2. The first kappa shape index (κ1) is 50.6. The molecule has 0 bridgehead atoms. The van der Waals surface area contributed by atoms with E-state index in [1.165, 1.54) is 0 Å². The van der Waals surface area contributed by atoms with E-state index < -0.39 is 17.4 Å². The van der Waals surface area contributed by atoms with Gasteiger partial charge < -0.3 is 26.8 Å². The van der Waals surface area contributed by atoms with Crippen molar-refractivity contribution in [3.05, 3.63) is 0 Å². The molecule has 0 saturated carbocycles. The molecule has 0 saturated heterocycles. The number of nitrogens with two attached hydrogens (primary N) is 1. The number of Topliss-reactive ketones (excluding diaryl/α,β-unsaturated/α-hetero) is 2. The van der Waals surface area contributed by atoms with Gasteiger partial charge in [-0.25, -0.2) is 4.79 Å². The highest BCUT2D eigenvalue weighted by atomic mass is 16.4. The second kappa shape index (κ2) is 22.8. The SMILES string of the molecule is CC(C)(C)CCC(NC(=O)C(C)(C)C)C(=O)O.CC(C)C(=O)CCNC(=O)C(CN)C(C)(C)C.CC(C)C(=O)CCNC(=O)CC(C)(C)C. The normalized spacial score (nSPS) is 13.2. The molecule has 288 valence electrons. The molecule has 6 N–H and O–H groups in total. The molecule has 0 spiro atoms. The van der Waals surface area contributed by atoms with Crippen LogP contribution in [0.1, 0.15) is 143 Å². The van der Waals surface area contributed by atoms with Gasteiger partial charge in [-0.15, -0.1) is 0 Å². The number of carbonyl (C=O) groups excluding carboxylic acids is 5. The summed E-state index contributed by atoms with van der Waals surface area (Å²) in [5.41, 5.74) is 4.98. The molecule has 11 nitrogen and oxygen atoms in total. The van der Waals surface area contributed by atoms with Crippen LogP contribution in [0.3, 0.4) is 0 Å². The second-order valence-corrected chi connectivity index (χ2v) is 18.0. The van der Waals surface area contributed by atoms with Crippen molar-refractivity contribution in [3.8, 4) is 0 Å². The number of aliphatic carboxylic acids is 1. The van der Waals surface area contributed by atoms with Crippen LogP contribution in [0, 0.1) is 39.4 Å². The Morgan fingerprint density at radius 3 is 1.41 bits per heavy atom. The lowest BCUT2D eigenvalue weighted by atomic mass is 9.80. The van der Waals surface area contributed by atoms with Gasteiger partial charge in [0.2, 0.25) is 17.7 Å². The lowest BCUT2D eigenvalue weighted by molar-refractivity contribution is -0.143. The quantitative estimate of drug-likeness (QED) is 0.140. The molecule has 0 aliphatic carbocycles. The van der Waals surface area contributed by atoms with Crippen LogP contribution in [0.4, 0.5) is 0 Å². The summed E-state index contributed by atoms with van der Waals surface area (Å²) < 4.78 is 0. The summed E-state index contributed by atoms with van der Waals surface area (Å²) in [4.78, 5) is 68.7. The van der Waals surface area contributed by atoms with E-state index in [4.69, 9.17) is 10.8 Å². The fourth-order valence-electron chi connectivity index (χ4n) is 3.94. The molecule has 0 rings (SSSR count). The van der Waals surface area contributed by atoms with Gasteiger partial charge >= 0.3 is 5.97 Å². The van der Waals surface area contributed by atoms with Crippen molar-refractivity contribution in [3.63, 3.8) is 0 Å². The van der Waals surface area contributed by atoms with Crippen LogP contribution in [-0.4, -0.2) is 66.0 Å². The van der Waals surface area contributed by atoms with Crippen molar-refractivity contribution in [2.45, 2.75) is 149 Å². The minimum Gasteiger partial charge on any atom is -0.480 e. The van der Waals surface area contributed by atoms with Crippen LogP contribution in [0.5, 0.6) is 0 Å². The van der Waals surface area contributed by atoms with Crippen LogP contribution in [0.2, 0.25) is 0 Å². The van der Waals surface area contributed by atoms with Crippen LogP contribution in [0.25, 0.3) is 0 Å². The minimum absolute atomic E-state index is 0.00609. The summed E-state index contributed by atoms with van der Waals surface area (Å²) in [6, 6.07) is -0.791. The van der Waals surface area contributed by atoms with Gasteiger partial charge in [0.15, 0.2) is 0 Å². The molecule has 49 heavy (non-hydrogen) atoms. The maximum Gasteiger partial charge on any atom is 0.326 e. The third-order valence-electron chi connectivity index (χ3n) is 7.41. The van der Waals surface area contributed by atoms with Gasteiger partial charge in [-0.2, -0.15) is 0 Å². The van der Waals surface area contributed by atoms with Gasteiger partial charge in [-0.05, 0) is 29.1 Å². The summed E-state index contributed by atoms with van der Waals surface area (Å²) in [5.74, 6) is -0.973. The number of amides is 3. The maximum absolute atomic E-state index is 11.9. The van der Waals surface area contributed by atoms with E-state index in [2.05, 4.69) is 36.7 Å². The van der Waals surface area contributed by atoms with Gasteiger partial charge in [0, 0.05) is 56.1 Å². The standard InChI is InChI=1S/C13H26N2O2.C13H25NO3.C12H23NO2/c1-9(2)11(16)6-7-15-12(17)10(8-14)13(3,4)5;1-12(2,3)8-7-9(10(15)16)14-11(17)13(4,5)6;1-9(2)10(14)6-7-13-11(15)8-12(3,4)5/h9-10H,6-8,14H2,1-5H3,(H,15,17);9H,7-8H2,1-6H3,(H,14,17)(H,15,16);9H,6-8H2,1-5H3,(H,13,15). The minimum atomic E-state index is -0.966. The molecule has 2 unspecified atom stereocenters. The van der Waals surface area contributed by atoms with Crippen LogP contribution in [-0.2, 0) is 28.8 Å². The van der Waals surface area contributed by atoms with Gasteiger partial charge in [-0.1, -0.05) is 111 Å². The molecular formula is C38H74N4O7. The van der Waals surface area contributed by atoms with Crippen molar-refractivity contribution in [1.29, 1.82) is 0 Å². The molecule has 0 aliphatic rings. The number of carbonyl (C=O) groups is 6. The molecule has 0 aromatic rings. The fourth-order valence-corrected chi connectivity index (χ4v) is 3.94. The smallest absolute Gasteiger partial charge is 0.326 e. The van der Waals surface area contributed by atoms with Crippen LogP contribution < -0.4 is 21.7 Å². The highest BCUT2D eigenvalue weighted by Gasteiger charge is 2.30. The van der Waals surface area contributed by atoms with Gasteiger partial charge in [0.05, 0.1) is 5.92 Å². The van der Waals surface area contributed by atoms with Gasteiger partial charge in [0.1, 0.15) is 17.6 Å². The number of carboxylic acid groups (broad SMARTS) is 1. The second-order valence-electron chi connectivity index (χ2n) is 18.0. The highest BCUT2D eigenvalue weighted by molar-refractivity contribution is 5.86. The van der Waals surface area contributed by atoms with E-state index in [1.54, 1.807) is 20.8 Å². The first-order valence-corrected chi connectivity index (χ1v) is 17.7. The van der Waals surface area contributed by atoms with Crippen molar-refractivity contribution in [2.75, 3.05) is 19.6 Å². The van der Waals surface area contributed by atoms with Crippen molar-refractivity contribution < 1.29 is 33.9 Å². The lowest BCUT2D eigenvalue weighted by Crippen LogP contribution is -2.46. The van der Waals surface area contributed by atoms with E-state index in [1.807, 2.05) is 69.2 Å². The average molecular weight is 699 g/mol. The van der Waals surface area contributed by atoms with E-state index in [0.717, 1.165) is 6.42 Å². The Morgan fingerprint density at radius 1 is 0.673 bits per heavy atom. The number of hydrogen-bond donors (Lipinski definition) is 5. The summed E-state index contributed by atoms with van der Waals surface area (Å²) in [6.45, 7) is 32.2. The van der Waals surface area contributed by atoms with E-state index >= 15 is 0 Å². The van der Waals surface area contributed by atoms with Gasteiger partial charge in [0.25, 0.3) is 0 Å². The molecule has 11 heteroatoms. The van der Waals surface area contributed by atoms with Crippen molar-refractivity contribution in [1.82, 2.24) is 16.0 Å². The Balaban J connectivity index is -0.000000649. The zero-order chi connectivity index (χ0) is 39.6. The average Bonchev–Trinajstić information content (AvgIpc) is 2.88. The molecule has 0 radical (unpaired) electrons. The largest absolute Gasteiger partial charge is 0.480 e. The Labute approximate surface area is 298 Å². The van der Waals surface area contributed by atoms with E-state index in [9.17, 15) is 28.8 Å². The molecular weight excluding hydrogens is 624 g/mol. The number of nitrogens with one attached hydrogen (secondary N) is 3. The fraction of sp³-hybridized carbons (Fsp3) is 0.842.